The van der Waals surface area contributed by atoms with Crippen molar-refractivity contribution in [1.29, 1.82) is 0 Å². The minimum absolute atomic E-state index is 0.0525. The SMILES string of the molecule is CCCCC(CC)COC(=O)CCSC1CCCCO1. The van der Waals surface area contributed by atoms with E-state index in [1.165, 1.54) is 32.1 Å². The van der Waals surface area contributed by atoms with E-state index in [0.29, 0.717) is 24.4 Å². The largest absolute Gasteiger partial charge is 0.465 e. The minimum atomic E-state index is -0.0525. The molecule has 1 heterocycles. The molecule has 3 nitrogen and oxygen atoms in total. The monoisotopic (exact) mass is 302 g/mol. The second-order valence-corrected chi connectivity index (χ2v) is 6.78. The van der Waals surface area contributed by atoms with Gasteiger partial charge in [-0.3, -0.25) is 4.79 Å². The van der Waals surface area contributed by atoms with Crippen molar-refractivity contribution in [3.05, 3.63) is 0 Å². The molecule has 0 saturated carbocycles. The summed E-state index contributed by atoms with van der Waals surface area (Å²) in [6.45, 7) is 5.84. The molecule has 0 N–H and O–H groups in total. The number of hydrogen-bond acceptors (Lipinski definition) is 4. The van der Waals surface area contributed by atoms with Crippen molar-refractivity contribution >= 4 is 17.7 Å². The highest BCUT2D eigenvalue weighted by molar-refractivity contribution is 7.99. The lowest BCUT2D eigenvalue weighted by atomic mass is 10.0. The van der Waals surface area contributed by atoms with Crippen molar-refractivity contribution in [2.45, 2.75) is 70.7 Å². The van der Waals surface area contributed by atoms with Crippen LogP contribution in [0.25, 0.3) is 0 Å². The molecule has 1 rings (SSSR count). The van der Waals surface area contributed by atoms with E-state index in [-0.39, 0.29) is 5.97 Å². The first-order valence-electron chi connectivity index (χ1n) is 8.15. The Morgan fingerprint density at radius 1 is 1.40 bits per heavy atom. The Hall–Kier alpha value is -0.220. The van der Waals surface area contributed by atoms with Crippen LogP contribution >= 0.6 is 11.8 Å². The Labute approximate surface area is 128 Å². The molecule has 4 heteroatoms. The molecule has 1 aliphatic heterocycles. The third kappa shape index (κ3) is 8.15. The van der Waals surface area contributed by atoms with Gasteiger partial charge in [0.25, 0.3) is 0 Å². The van der Waals surface area contributed by atoms with Gasteiger partial charge in [-0.2, -0.15) is 0 Å². The predicted octanol–water partition coefficient (Wildman–Crippen LogP) is 4.40. The van der Waals surface area contributed by atoms with Crippen LogP contribution in [-0.4, -0.2) is 30.4 Å². The van der Waals surface area contributed by atoms with Gasteiger partial charge in [-0.05, 0) is 31.6 Å². The maximum atomic E-state index is 11.7. The van der Waals surface area contributed by atoms with E-state index in [0.717, 1.165) is 25.2 Å². The van der Waals surface area contributed by atoms with Crippen LogP contribution in [-0.2, 0) is 14.3 Å². The average molecular weight is 302 g/mol. The number of rotatable bonds is 10. The van der Waals surface area contributed by atoms with Crippen LogP contribution in [0.3, 0.4) is 0 Å². The summed E-state index contributed by atoms with van der Waals surface area (Å²) in [5.74, 6) is 1.30. The maximum absolute atomic E-state index is 11.7. The molecule has 1 fully saturated rings. The number of hydrogen-bond donors (Lipinski definition) is 0. The van der Waals surface area contributed by atoms with Crippen LogP contribution in [0.5, 0.6) is 0 Å². The van der Waals surface area contributed by atoms with Crippen LogP contribution in [0, 0.1) is 5.92 Å². The summed E-state index contributed by atoms with van der Waals surface area (Å²) in [5.41, 5.74) is 0.296. The van der Waals surface area contributed by atoms with Gasteiger partial charge < -0.3 is 9.47 Å². The highest BCUT2D eigenvalue weighted by Crippen LogP contribution is 2.23. The van der Waals surface area contributed by atoms with Gasteiger partial charge in [-0.1, -0.05) is 33.1 Å². The van der Waals surface area contributed by atoms with Gasteiger partial charge in [0.1, 0.15) is 5.44 Å². The fraction of sp³-hybridized carbons (Fsp3) is 0.938. The summed E-state index contributed by atoms with van der Waals surface area (Å²) in [7, 11) is 0. The summed E-state index contributed by atoms with van der Waals surface area (Å²) < 4.78 is 11.0. The zero-order valence-corrected chi connectivity index (χ0v) is 13.9. The summed E-state index contributed by atoms with van der Waals surface area (Å²) in [6, 6.07) is 0. The normalized spacial score (nSPS) is 20.6. The fourth-order valence-corrected chi connectivity index (χ4v) is 3.37. The Balaban J connectivity index is 2.03. The van der Waals surface area contributed by atoms with Crippen molar-refractivity contribution in [3.8, 4) is 0 Å². The second kappa shape index (κ2) is 11.4. The molecule has 2 unspecified atom stereocenters. The summed E-state index contributed by atoms with van der Waals surface area (Å²) in [5, 5.41) is 0. The van der Waals surface area contributed by atoms with E-state index in [1.54, 1.807) is 11.8 Å². The third-order valence-corrected chi connectivity index (χ3v) is 4.95. The molecule has 1 aliphatic rings. The van der Waals surface area contributed by atoms with Crippen LogP contribution < -0.4 is 0 Å². The van der Waals surface area contributed by atoms with Crippen LogP contribution in [0.1, 0.15) is 65.2 Å². The molecule has 1 saturated heterocycles. The molecule has 0 aromatic heterocycles. The molecule has 0 aliphatic carbocycles. The van der Waals surface area contributed by atoms with Crippen molar-refractivity contribution < 1.29 is 14.3 Å². The molecule has 0 radical (unpaired) electrons. The van der Waals surface area contributed by atoms with Gasteiger partial charge in [0.2, 0.25) is 0 Å². The minimum Gasteiger partial charge on any atom is -0.465 e. The lowest BCUT2D eigenvalue weighted by Crippen LogP contribution is -2.17. The number of thioether (sulfide) groups is 1. The molecule has 0 spiro atoms. The average Bonchev–Trinajstić information content (AvgIpc) is 2.48. The highest BCUT2D eigenvalue weighted by Gasteiger charge is 2.15. The fourth-order valence-electron chi connectivity index (χ4n) is 2.30. The summed E-state index contributed by atoms with van der Waals surface area (Å²) in [4.78, 5) is 11.7. The highest BCUT2D eigenvalue weighted by atomic mass is 32.2. The first kappa shape index (κ1) is 17.8. The van der Waals surface area contributed by atoms with E-state index >= 15 is 0 Å². The standard InChI is InChI=1S/C16H30O3S/c1-3-5-8-14(4-2)13-19-15(17)10-12-20-16-9-6-7-11-18-16/h14,16H,3-13H2,1-2H3. The van der Waals surface area contributed by atoms with E-state index in [1.807, 2.05) is 0 Å². The van der Waals surface area contributed by atoms with Crippen molar-refractivity contribution in [2.75, 3.05) is 19.0 Å². The first-order chi connectivity index (χ1) is 9.76. The number of ether oxygens (including phenoxy) is 2. The number of carbonyl (C=O) groups is 1. The quantitative estimate of drug-likeness (QED) is 0.560. The molecular formula is C16H30O3S. The van der Waals surface area contributed by atoms with Gasteiger partial charge >= 0.3 is 5.97 Å². The number of esters is 1. The number of carbonyl (C=O) groups excluding carboxylic acids is 1. The molecule has 0 amide bonds. The van der Waals surface area contributed by atoms with Crippen molar-refractivity contribution in [3.63, 3.8) is 0 Å². The summed E-state index contributed by atoms with van der Waals surface area (Å²) >= 11 is 1.76. The Bertz CT molecular complexity index is 252. The molecule has 0 aromatic rings. The van der Waals surface area contributed by atoms with Gasteiger partial charge in [0.15, 0.2) is 0 Å². The second-order valence-electron chi connectivity index (χ2n) is 5.52. The smallest absolute Gasteiger partial charge is 0.306 e. The Morgan fingerprint density at radius 2 is 2.25 bits per heavy atom. The Kier molecular flexibility index (Phi) is 10.2. The van der Waals surface area contributed by atoms with Crippen LogP contribution in [0.2, 0.25) is 0 Å². The molecule has 0 bridgehead atoms. The van der Waals surface area contributed by atoms with E-state index in [9.17, 15) is 4.79 Å². The van der Waals surface area contributed by atoms with Gasteiger partial charge in [-0.25, -0.2) is 0 Å². The Morgan fingerprint density at radius 3 is 2.90 bits per heavy atom. The lowest BCUT2D eigenvalue weighted by molar-refractivity contribution is -0.144. The lowest BCUT2D eigenvalue weighted by Gasteiger charge is -2.21. The van der Waals surface area contributed by atoms with Gasteiger partial charge in [0.05, 0.1) is 13.0 Å². The molecular weight excluding hydrogens is 272 g/mol. The van der Waals surface area contributed by atoms with Crippen molar-refractivity contribution in [2.24, 2.45) is 5.92 Å². The van der Waals surface area contributed by atoms with Crippen molar-refractivity contribution in [1.82, 2.24) is 0 Å². The van der Waals surface area contributed by atoms with E-state index in [4.69, 9.17) is 9.47 Å². The first-order valence-corrected chi connectivity index (χ1v) is 9.20. The van der Waals surface area contributed by atoms with E-state index in [2.05, 4.69) is 13.8 Å². The van der Waals surface area contributed by atoms with Crippen LogP contribution in [0.15, 0.2) is 0 Å². The predicted molar refractivity (Wildman–Crippen MR) is 84.9 cm³/mol. The topological polar surface area (TPSA) is 35.5 Å². The molecule has 118 valence electrons. The zero-order chi connectivity index (χ0) is 14.6. The van der Waals surface area contributed by atoms with Crippen LogP contribution in [0.4, 0.5) is 0 Å². The summed E-state index contributed by atoms with van der Waals surface area (Å²) in [6.07, 6.45) is 8.76. The molecule has 20 heavy (non-hydrogen) atoms. The molecule has 2 atom stereocenters. The third-order valence-electron chi connectivity index (χ3n) is 3.77. The molecule has 0 aromatic carbocycles. The zero-order valence-electron chi connectivity index (χ0n) is 13.1. The van der Waals surface area contributed by atoms with E-state index < -0.39 is 0 Å². The maximum Gasteiger partial charge on any atom is 0.306 e. The number of unbranched alkanes of at least 4 members (excludes halogenated alkanes) is 1. The van der Waals surface area contributed by atoms with Gasteiger partial charge in [-0.15, -0.1) is 11.8 Å². The van der Waals surface area contributed by atoms with Gasteiger partial charge in [0, 0.05) is 12.4 Å².